The number of aliphatic hydroxyl groups excluding tert-OH is 1. The Morgan fingerprint density at radius 1 is 1.07 bits per heavy atom. The maximum absolute atomic E-state index is 10.6. The van der Waals surface area contributed by atoms with Crippen molar-refractivity contribution >= 4 is 8.32 Å². The van der Waals surface area contributed by atoms with Crippen molar-refractivity contribution in [2.75, 3.05) is 20.3 Å². The van der Waals surface area contributed by atoms with Gasteiger partial charge in [-0.1, -0.05) is 32.9 Å². The number of rotatable bonds is 5. The van der Waals surface area contributed by atoms with E-state index in [0.717, 1.165) is 17.7 Å². The van der Waals surface area contributed by atoms with E-state index in [1.807, 2.05) is 24.3 Å². The molecule has 1 N–H and O–H groups in total. The number of benzene rings is 1. The highest BCUT2D eigenvalue weighted by atomic mass is 28.4. The number of methoxy groups -OCH3 is 1. The largest absolute Gasteiger partial charge is 0.497 e. The van der Waals surface area contributed by atoms with E-state index in [1.54, 1.807) is 7.11 Å². The topological polar surface area (TPSA) is 66.4 Å². The Kier molecular flexibility index (Phi) is 7.08. The van der Waals surface area contributed by atoms with Crippen molar-refractivity contribution in [2.45, 2.75) is 82.5 Å². The van der Waals surface area contributed by atoms with Gasteiger partial charge in [0.05, 0.1) is 32.5 Å². The van der Waals surface area contributed by atoms with Crippen LogP contribution in [-0.4, -0.2) is 58.2 Å². The lowest BCUT2D eigenvalue weighted by atomic mass is 10.0. The zero-order chi connectivity index (χ0) is 21.2. The molecule has 0 bridgehead atoms. The first kappa shape index (κ1) is 22.7. The molecule has 3 rings (SSSR count). The molecular weight excluding hydrogens is 388 g/mol. The van der Waals surface area contributed by atoms with Crippen LogP contribution in [0.3, 0.4) is 0 Å². The minimum atomic E-state index is -1.91. The van der Waals surface area contributed by atoms with Crippen molar-refractivity contribution in [3.05, 3.63) is 29.8 Å². The fourth-order valence-corrected chi connectivity index (χ4v) is 4.40. The van der Waals surface area contributed by atoms with E-state index in [1.165, 1.54) is 0 Å². The van der Waals surface area contributed by atoms with Crippen molar-refractivity contribution in [1.82, 2.24) is 0 Å². The third kappa shape index (κ3) is 5.40. The summed E-state index contributed by atoms with van der Waals surface area (Å²) >= 11 is 0. The Morgan fingerprint density at radius 2 is 1.76 bits per heavy atom. The van der Waals surface area contributed by atoms with Gasteiger partial charge in [0.25, 0.3) is 0 Å². The van der Waals surface area contributed by atoms with E-state index in [-0.39, 0.29) is 23.4 Å². The molecule has 6 nitrogen and oxygen atoms in total. The molecule has 0 aromatic heterocycles. The standard InChI is InChI=1S/C22H36O6Si/c1-22(2,3)29(5,6)26-14-19-17(23)11-12-18-20(27-19)13-25-21(28-18)15-7-9-16(24-4)10-8-15/h7-10,17-21,23H,11-14H2,1-6H3/t17-,18+,19+,20-,21-/m1/s1. The number of aliphatic hydroxyl groups is 1. The van der Waals surface area contributed by atoms with Crippen molar-refractivity contribution in [3.8, 4) is 5.75 Å². The van der Waals surface area contributed by atoms with E-state index in [2.05, 4.69) is 33.9 Å². The van der Waals surface area contributed by atoms with Crippen molar-refractivity contribution < 1.29 is 28.5 Å². The molecule has 2 saturated heterocycles. The van der Waals surface area contributed by atoms with E-state index in [4.69, 9.17) is 23.4 Å². The average molecular weight is 425 g/mol. The predicted octanol–water partition coefficient (Wildman–Crippen LogP) is 4.04. The second-order valence-electron chi connectivity index (χ2n) is 9.54. The van der Waals surface area contributed by atoms with Crippen LogP contribution in [0.15, 0.2) is 24.3 Å². The summed E-state index contributed by atoms with van der Waals surface area (Å²) in [5, 5.41) is 10.8. The molecule has 0 spiro atoms. The first-order chi connectivity index (χ1) is 13.6. The second kappa shape index (κ2) is 9.04. The zero-order valence-corrected chi connectivity index (χ0v) is 19.5. The fourth-order valence-electron chi connectivity index (χ4n) is 3.39. The number of hydrogen-bond acceptors (Lipinski definition) is 6. The molecule has 7 heteroatoms. The van der Waals surface area contributed by atoms with Gasteiger partial charge in [-0.2, -0.15) is 0 Å². The van der Waals surface area contributed by atoms with E-state index in [0.29, 0.717) is 19.6 Å². The smallest absolute Gasteiger partial charge is 0.192 e. The molecule has 2 heterocycles. The van der Waals surface area contributed by atoms with Gasteiger partial charge < -0.3 is 28.5 Å². The van der Waals surface area contributed by atoms with Crippen LogP contribution < -0.4 is 4.74 Å². The Balaban J connectivity index is 1.61. The van der Waals surface area contributed by atoms with Crippen molar-refractivity contribution in [1.29, 1.82) is 0 Å². The van der Waals surface area contributed by atoms with Crippen LogP contribution in [0, 0.1) is 0 Å². The summed E-state index contributed by atoms with van der Waals surface area (Å²) in [6.45, 7) is 11.9. The molecule has 0 radical (unpaired) electrons. The van der Waals surface area contributed by atoms with E-state index >= 15 is 0 Å². The molecule has 29 heavy (non-hydrogen) atoms. The Hall–Kier alpha value is -0.963. The number of ether oxygens (including phenoxy) is 4. The molecule has 2 aliphatic heterocycles. The summed E-state index contributed by atoms with van der Waals surface area (Å²) in [5.74, 6) is 0.799. The highest BCUT2D eigenvalue weighted by Crippen LogP contribution is 2.38. The molecule has 2 fully saturated rings. The van der Waals surface area contributed by atoms with Crippen LogP contribution in [0.1, 0.15) is 45.5 Å². The molecule has 164 valence electrons. The first-order valence-electron chi connectivity index (χ1n) is 10.5. The summed E-state index contributed by atoms with van der Waals surface area (Å²) in [6.07, 6.45) is -0.293. The lowest BCUT2D eigenvalue weighted by molar-refractivity contribution is -0.271. The monoisotopic (exact) mass is 424 g/mol. The highest BCUT2D eigenvalue weighted by molar-refractivity contribution is 6.74. The SMILES string of the molecule is COc1ccc([C@@H]2OC[C@H]3O[C@@H](CO[Si](C)(C)C(C)(C)C)[C@H](O)CC[C@@H]3O2)cc1. The second-order valence-corrected chi connectivity index (χ2v) is 14.4. The summed E-state index contributed by atoms with van der Waals surface area (Å²) in [6, 6.07) is 7.70. The Morgan fingerprint density at radius 3 is 2.38 bits per heavy atom. The maximum Gasteiger partial charge on any atom is 0.192 e. The van der Waals surface area contributed by atoms with Gasteiger partial charge in [0.1, 0.15) is 18.0 Å². The van der Waals surface area contributed by atoms with Crippen LogP contribution in [0.2, 0.25) is 18.1 Å². The molecule has 0 unspecified atom stereocenters. The van der Waals surface area contributed by atoms with Crippen LogP contribution in [0.25, 0.3) is 0 Å². The van der Waals surface area contributed by atoms with Gasteiger partial charge >= 0.3 is 0 Å². The minimum absolute atomic E-state index is 0.108. The molecule has 1 aromatic carbocycles. The minimum Gasteiger partial charge on any atom is -0.497 e. The van der Waals surface area contributed by atoms with Gasteiger partial charge in [-0.15, -0.1) is 0 Å². The molecule has 2 aliphatic rings. The van der Waals surface area contributed by atoms with Gasteiger partial charge in [-0.3, -0.25) is 0 Å². The predicted molar refractivity (Wildman–Crippen MR) is 114 cm³/mol. The van der Waals surface area contributed by atoms with Gasteiger partial charge in [-0.25, -0.2) is 0 Å². The zero-order valence-electron chi connectivity index (χ0n) is 18.5. The fraction of sp³-hybridized carbons (Fsp3) is 0.727. The molecule has 0 amide bonds. The van der Waals surface area contributed by atoms with Gasteiger partial charge in [-0.05, 0) is 43.1 Å². The van der Waals surface area contributed by atoms with E-state index in [9.17, 15) is 5.11 Å². The lowest BCUT2D eigenvalue weighted by Crippen LogP contribution is -2.47. The lowest BCUT2D eigenvalue weighted by Gasteiger charge is -2.39. The van der Waals surface area contributed by atoms with Gasteiger partial charge in [0.2, 0.25) is 0 Å². The van der Waals surface area contributed by atoms with Crippen LogP contribution in [0.4, 0.5) is 0 Å². The summed E-state index contributed by atoms with van der Waals surface area (Å²) < 4.78 is 29.9. The summed E-state index contributed by atoms with van der Waals surface area (Å²) in [4.78, 5) is 0. The van der Waals surface area contributed by atoms with Gasteiger partial charge in [0.15, 0.2) is 14.6 Å². The third-order valence-electron chi connectivity index (χ3n) is 6.45. The Bertz CT molecular complexity index is 656. The first-order valence-corrected chi connectivity index (χ1v) is 13.4. The van der Waals surface area contributed by atoms with E-state index < -0.39 is 20.7 Å². The quantitative estimate of drug-likeness (QED) is 0.720. The maximum atomic E-state index is 10.6. The van der Waals surface area contributed by atoms with Crippen molar-refractivity contribution in [2.24, 2.45) is 0 Å². The van der Waals surface area contributed by atoms with Gasteiger partial charge in [0, 0.05) is 5.56 Å². The highest BCUT2D eigenvalue weighted by Gasteiger charge is 2.42. The number of hydrogen-bond donors (Lipinski definition) is 1. The number of fused-ring (bicyclic) bond motifs is 1. The average Bonchev–Trinajstić information content (AvgIpc) is 2.84. The Labute approximate surface area is 175 Å². The normalized spacial score (nSPS) is 31.1. The van der Waals surface area contributed by atoms with Crippen molar-refractivity contribution in [3.63, 3.8) is 0 Å². The molecule has 0 saturated carbocycles. The van der Waals surface area contributed by atoms with Crippen LogP contribution in [-0.2, 0) is 18.6 Å². The molecular formula is C22H36O6Si. The van der Waals surface area contributed by atoms with Crippen LogP contribution >= 0.6 is 0 Å². The van der Waals surface area contributed by atoms with Crippen LogP contribution in [0.5, 0.6) is 5.75 Å². The summed E-state index contributed by atoms with van der Waals surface area (Å²) in [7, 11) is -0.260. The molecule has 5 atom stereocenters. The molecule has 1 aromatic rings. The third-order valence-corrected chi connectivity index (χ3v) is 11.0. The summed E-state index contributed by atoms with van der Waals surface area (Å²) in [5.41, 5.74) is 0.951. The molecule has 0 aliphatic carbocycles.